The second-order valence-corrected chi connectivity index (χ2v) is 5.66. The Bertz CT molecular complexity index is 848. The summed E-state index contributed by atoms with van der Waals surface area (Å²) in [6.07, 6.45) is 5.35. The molecular weight excluding hydrogens is 278 g/mol. The van der Waals surface area contributed by atoms with Crippen LogP contribution in [0.4, 0.5) is 5.82 Å². The molecule has 6 nitrogen and oxygen atoms in total. The quantitative estimate of drug-likeness (QED) is 0.785. The molecule has 1 N–H and O–H groups in total. The molecule has 1 unspecified atom stereocenters. The second kappa shape index (κ2) is 4.98. The Balaban J connectivity index is 1.77. The third kappa shape index (κ3) is 1.99. The van der Waals surface area contributed by atoms with Gasteiger partial charge in [-0.3, -0.25) is 4.79 Å². The standard InChI is InChI=1S/C16H17N5O/c1-20-10-8-17-15(16(20)22)21-9-4-7-13(21)14-18-11-5-2-3-6-12(11)19-14/h2-3,5-6,8,10,13H,4,7,9H2,1H3,(H,18,19). The number of aryl methyl sites for hydroxylation is 1. The van der Waals surface area contributed by atoms with Gasteiger partial charge in [-0.15, -0.1) is 0 Å². The first-order chi connectivity index (χ1) is 10.7. The van der Waals surface area contributed by atoms with Crippen molar-refractivity contribution in [1.82, 2.24) is 19.5 Å². The van der Waals surface area contributed by atoms with E-state index in [1.807, 2.05) is 24.3 Å². The molecule has 0 spiro atoms. The van der Waals surface area contributed by atoms with Crippen molar-refractivity contribution in [3.8, 4) is 0 Å². The third-order valence-corrected chi connectivity index (χ3v) is 4.25. The van der Waals surface area contributed by atoms with Crippen LogP contribution < -0.4 is 10.5 Å². The van der Waals surface area contributed by atoms with Gasteiger partial charge >= 0.3 is 0 Å². The minimum absolute atomic E-state index is 0.0643. The molecular formula is C16H17N5O. The fourth-order valence-electron chi connectivity index (χ4n) is 3.12. The van der Waals surface area contributed by atoms with E-state index >= 15 is 0 Å². The monoisotopic (exact) mass is 295 g/mol. The number of aromatic amines is 1. The average molecular weight is 295 g/mol. The predicted molar refractivity (Wildman–Crippen MR) is 84.9 cm³/mol. The number of nitrogens with one attached hydrogen (secondary N) is 1. The molecule has 2 aromatic heterocycles. The van der Waals surface area contributed by atoms with E-state index in [-0.39, 0.29) is 11.6 Å². The van der Waals surface area contributed by atoms with Crippen LogP contribution in [0.5, 0.6) is 0 Å². The van der Waals surface area contributed by atoms with Gasteiger partial charge in [0.15, 0.2) is 5.82 Å². The van der Waals surface area contributed by atoms with Crippen LogP contribution in [0.15, 0.2) is 41.5 Å². The SMILES string of the molecule is Cn1ccnc(N2CCCC2c2nc3ccccc3[nH]2)c1=O. The van der Waals surface area contributed by atoms with Gasteiger partial charge in [0, 0.05) is 26.0 Å². The molecule has 22 heavy (non-hydrogen) atoms. The highest BCUT2D eigenvalue weighted by Crippen LogP contribution is 2.33. The molecule has 0 bridgehead atoms. The first-order valence-corrected chi connectivity index (χ1v) is 7.47. The number of rotatable bonds is 2. The van der Waals surface area contributed by atoms with Crippen molar-refractivity contribution >= 4 is 16.9 Å². The Morgan fingerprint density at radius 1 is 1.32 bits per heavy atom. The van der Waals surface area contributed by atoms with E-state index in [1.54, 1.807) is 24.0 Å². The smallest absolute Gasteiger partial charge is 0.293 e. The molecule has 0 amide bonds. The van der Waals surface area contributed by atoms with Crippen molar-refractivity contribution in [1.29, 1.82) is 0 Å². The summed E-state index contributed by atoms with van der Waals surface area (Å²) in [5.74, 6) is 1.42. The van der Waals surface area contributed by atoms with Crippen molar-refractivity contribution in [2.24, 2.45) is 7.05 Å². The zero-order valence-electron chi connectivity index (χ0n) is 12.4. The molecule has 3 aromatic rings. The fraction of sp³-hybridized carbons (Fsp3) is 0.312. The second-order valence-electron chi connectivity index (χ2n) is 5.66. The molecule has 6 heteroatoms. The lowest BCUT2D eigenvalue weighted by atomic mass is 10.2. The van der Waals surface area contributed by atoms with E-state index in [9.17, 15) is 4.79 Å². The number of anilines is 1. The van der Waals surface area contributed by atoms with Crippen molar-refractivity contribution in [2.45, 2.75) is 18.9 Å². The van der Waals surface area contributed by atoms with Crippen LogP contribution in [0.2, 0.25) is 0 Å². The van der Waals surface area contributed by atoms with Gasteiger partial charge in [0.05, 0.1) is 17.1 Å². The van der Waals surface area contributed by atoms with Gasteiger partial charge in [-0.1, -0.05) is 12.1 Å². The predicted octanol–water partition coefficient (Wildman–Crippen LogP) is 2.00. The van der Waals surface area contributed by atoms with Crippen molar-refractivity contribution < 1.29 is 0 Å². The first kappa shape index (κ1) is 13.1. The number of H-pyrrole nitrogens is 1. The Hall–Kier alpha value is -2.63. The van der Waals surface area contributed by atoms with E-state index in [0.717, 1.165) is 36.2 Å². The van der Waals surface area contributed by atoms with E-state index in [2.05, 4.69) is 19.9 Å². The molecule has 4 rings (SSSR count). The number of hydrogen-bond donors (Lipinski definition) is 1. The normalized spacial score (nSPS) is 18.2. The highest BCUT2D eigenvalue weighted by molar-refractivity contribution is 5.75. The van der Waals surface area contributed by atoms with Gasteiger partial charge < -0.3 is 14.5 Å². The molecule has 1 aliphatic heterocycles. The number of para-hydroxylation sites is 2. The molecule has 0 saturated carbocycles. The van der Waals surface area contributed by atoms with Crippen LogP contribution in [0, 0.1) is 0 Å². The molecule has 3 heterocycles. The lowest BCUT2D eigenvalue weighted by Crippen LogP contribution is -2.32. The lowest BCUT2D eigenvalue weighted by molar-refractivity contribution is 0.663. The number of hydrogen-bond acceptors (Lipinski definition) is 4. The summed E-state index contributed by atoms with van der Waals surface area (Å²) in [5, 5.41) is 0. The maximum Gasteiger partial charge on any atom is 0.293 e. The van der Waals surface area contributed by atoms with Gasteiger partial charge in [-0.25, -0.2) is 9.97 Å². The highest BCUT2D eigenvalue weighted by atomic mass is 16.1. The fourth-order valence-corrected chi connectivity index (χ4v) is 3.12. The maximum absolute atomic E-state index is 12.3. The van der Waals surface area contributed by atoms with Crippen molar-refractivity contribution in [3.05, 3.63) is 52.8 Å². The first-order valence-electron chi connectivity index (χ1n) is 7.47. The molecule has 1 atom stereocenters. The van der Waals surface area contributed by atoms with E-state index in [0.29, 0.717) is 5.82 Å². The topological polar surface area (TPSA) is 66.8 Å². The molecule has 0 radical (unpaired) electrons. The molecule has 112 valence electrons. The van der Waals surface area contributed by atoms with Crippen LogP contribution in [0.25, 0.3) is 11.0 Å². The average Bonchev–Trinajstić information content (AvgIpc) is 3.15. The van der Waals surface area contributed by atoms with Gasteiger partial charge in [-0.2, -0.15) is 0 Å². The molecule has 1 aromatic carbocycles. The maximum atomic E-state index is 12.3. The van der Waals surface area contributed by atoms with E-state index < -0.39 is 0 Å². The van der Waals surface area contributed by atoms with Gasteiger partial charge in [0.25, 0.3) is 5.56 Å². The zero-order chi connectivity index (χ0) is 15.1. The van der Waals surface area contributed by atoms with E-state index in [1.165, 1.54) is 0 Å². The van der Waals surface area contributed by atoms with Crippen LogP contribution in [-0.2, 0) is 7.05 Å². The number of aromatic nitrogens is 4. The summed E-state index contributed by atoms with van der Waals surface area (Å²) in [6, 6.07) is 8.06. The number of benzene rings is 1. The summed E-state index contributed by atoms with van der Waals surface area (Å²) in [6.45, 7) is 0.827. The summed E-state index contributed by atoms with van der Waals surface area (Å²) in [4.78, 5) is 26.8. The number of nitrogens with zero attached hydrogens (tertiary/aromatic N) is 4. The summed E-state index contributed by atoms with van der Waals surface area (Å²) >= 11 is 0. The van der Waals surface area contributed by atoms with Gasteiger partial charge in [-0.05, 0) is 25.0 Å². The molecule has 1 fully saturated rings. The Morgan fingerprint density at radius 2 is 2.18 bits per heavy atom. The van der Waals surface area contributed by atoms with Gasteiger partial charge in [0.2, 0.25) is 0 Å². The van der Waals surface area contributed by atoms with Crippen LogP contribution >= 0.6 is 0 Å². The third-order valence-electron chi connectivity index (χ3n) is 4.25. The van der Waals surface area contributed by atoms with E-state index in [4.69, 9.17) is 0 Å². The lowest BCUT2D eigenvalue weighted by Gasteiger charge is -2.23. The summed E-state index contributed by atoms with van der Waals surface area (Å²) < 4.78 is 1.57. The van der Waals surface area contributed by atoms with Gasteiger partial charge in [0.1, 0.15) is 5.82 Å². The Labute approximate surface area is 127 Å². The largest absolute Gasteiger partial charge is 0.342 e. The zero-order valence-corrected chi connectivity index (χ0v) is 12.4. The van der Waals surface area contributed by atoms with Crippen LogP contribution in [0.3, 0.4) is 0 Å². The minimum atomic E-state index is -0.0643. The summed E-state index contributed by atoms with van der Waals surface area (Å²) in [7, 11) is 1.75. The van der Waals surface area contributed by atoms with Crippen molar-refractivity contribution in [3.63, 3.8) is 0 Å². The number of fused-ring (bicyclic) bond motifs is 1. The minimum Gasteiger partial charge on any atom is -0.342 e. The van der Waals surface area contributed by atoms with Crippen LogP contribution in [-0.4, -0.2) is 26.1 Å². The Morgan fingerprint density at radius 3 is 3.05 bits per heavy atom. The molecule has 1 aliphatic rings. The molecule has 1 saturated heterocycles. The molecule has 0 aliphatic carbocycles. The van der Waals surface area contributed by atoms with Crippen LogP contribution in [0.1, 0.15) is 24.7 Å². The highest BCUT2D eigenvalue weighted by Gasteiger charge is 2.31. The Kier molecular flexibility index (Phi) is 2.96. The summed E-state index contributed by atoms with van der Waals surface area (Å²) in [5.41, 5.74) is 1.92. The number of imidazole rings is 1. The van der Waals surface area contributed by atoms with Crippen molar-refractivity contribution in [2.75, 3.05) is 11.4 Å².